The summed E-state index contributed by atoms with van der Waals surface area (Å²) in [5.41, 5.74) is 1.99. The molecule has 1 heterocycles. The lowest BCUT2D eigenvalue weighted by molar-refractivity contribution is 0.152. The average molecular weight is 277 g/mol. The summed E-state index contributed by atoms with van der Waals surface area (Å²) in [6.07, 6.45) is 0. The van der Waals surface area contributed by atoms with Crippen LogP contribution in [0.1, 0.15) is 11.4 Å². The van der Waals surface area contributed by atoms with E-state index >= 15 is 0 Å². The first-order valence-electron chi connectivity index (χ1n) is 6.57. The van der Waals surface area contributed by atoms with E-state index in [9.17, 15) is 0 Å². The zero-order valence-electron chi connectivity index (χ0n) is 11.5. The molecule has 0 spiro atoms. The Morgan fingerprint density at radius 1 is 1.15 bits per heavy atom. The van der Waals surface area contributed by atoms with Gasteiger partial charge in [-0.15, -0.1) is 0 Å². The molecule has 0 aliphatic carbocycles. The van der Waals surface area contributed by atoms with Crippen molar-refractivity contribution in [2.24, 2.45) is 0 Å². The number of aromatic nitrogens is 2. The number of nitrogens with zero attached hydrogens (tertiary/aromatic N) is 3. The zero-order chi connectivity index (χ0) is 14.4. The second-order valence-corrected chi connectivity index (χ2v) is 4.55. The molecule has 2 N–H and O–H groups in total. The first-order valence-corrected chi connectivity index (χ1v) is 6.57. The molecule has 108 valence electrons. The van der Waals surface area contributed by atoms with Crippen molar-refractivity contribution in [2.45, 2.75) is 13.5 Å². The highest BCUT2D eigenvalue weighted by molar-refractivity contribution is 5.57. The van der Waals surface area contributed by atoms with Gasteiger partial charge in [0, 0.05) is 18.7 Å². The molecule has 0 aliphatic rings. The molecule has 2 aromatic rings. The van der Waals surface area contributed by atoms with Crippen LogP contribution in [0.2, 0.25) is 0 Å². The van der Waals surface area contributed by atoms with Gasteiger partial charge >= 0.3 is 0 Å². The van der Waals surface area contributed by atoms with E-state index in [1.165, 1.54) is 0 Å². The Balaban J connectivity index is 2.10. The fraction of sp³-hybridized carbons (Fsp3) is 0.429. The van der Waals surface area contributed by atoms with Gasteiger partial charge in [-0.25, -0.2) is 0 Å². The van der Waals surface area contributed by atoms with Crippen molar-refractivity contribution < 1.29 is 14.7 Å². The van der Waals surface area contributed by atoms with Crippen LogP contribution in [-0.4, -0.2) is 51.6 Å². The second-order valence-electron chi connectivity index (χ2n) is 4.55. The summed E-state index contributed by atoms with van der Waals surface area (Å²) in [5, 5.41) is 21.9. The summed E-state index contributed by atoms with van der Waals surface area (Å²) >= 11 is 0. The maximum Gasteiger partial charge on any atom is 0.258 e. The lowest BCUT2D eigenvalue weighted by Gasteiger charge is -2.17. The average Bonchev–Trinajstić information content (AvgIpc) is 2.88. The van der Waals surface area contributed by atoms with Crippen molar-refractivity contribution in [3.63, 3.8) is 0 Å². The fourth-order valence-corrected chi connectivity index (χ4v) is 1.99. The Labute approximate surface area is 117 Å². The van der Waals surface area contributed by atoms with Crippen LogP contribution in [0.4, 0.5) is 0 Å². The molecular weight excluding hydrogens is 258 g/mol. The van der Waals surface area contributed by atoms with Gasteiger partial charge in [-0.2, -0.15) is 4.98 Å². The van der Waals surface area contributed by atoms with Gasteiger partial charge in [-0.3, -0.25) is 4.90 Å². The number of hydrogen-bond donors (Lipinski definition) is 2. The van der Waals surface area contributed by atoms with Gasteiger partial charge in [0.1, 0.15) is 0 Å². The van der Waals surface area contributed by atoms with Gasteiger partial charge in [0.25, 0.3) is 5.89 Å². The SMILES string of the molecule is Cc1ccccc1-c1nc(CN(CCO)CCO)no1. The minimum atomic E-state index is 0.0303. The highest BCUT2D eigenvalue weighted by Gasteiger charge is 2.13. The molecule has 20 heavy (non-hydrogen) atoms. The third kappa shape index (κ3) is 3.63. The summed E-state index contributed by atoms with van der Waals surface area (Å²) in [6, 6.07) is 7.81. The van der Waals surface area contributed by atoms with Gasteiger partial charge in [0.15, 0.2) is 5.82 Å². The molecule has 0 saturated heterocycles. The molecule has 0 amide bonds. The molecule has 0 aliphatic heterocycles. The minimum absolute atomic E-state index is 0.0303. The number of aliphatic hydroxyl groups is 2. The monoisotopic (exact) mass is 277 g/mol. The molecule has 1 aromatic carbocycles. The molecule has 0 radical (unpaired) electrons. The van der Waals surface area contributed by atoms with E-state index in [1.807, 2.05) is 36.1 Å². The van der Waals surface area contributed by atoms with E-state index in [-0.39, 0.29) is 13.2 Å². The van der Waals surface area contributed by atoms with Crippen LogP contribution in [0, 0.1) is 6.92 Å². The Morgan fingerprint density at radius 3 is 2.50 bits per heavy atom. The standard InChI is InChI=1S/C14H19N3O3/c1-11-4-2-3-5-12(11)14-15-13(16-20-14)10-17(6-8-18)7-9-19/h2-5,18-19H,6-10H2,1H3. The van der Waals surface area contributed by atoms with Crippen LogP contribution < -0.4 is 0 Å². The largest absolute Gasteiger partial charge is 0.395 e. The number of benzene rings is 1. The predicted molar refractivity (Wildman–Crippen MR) is 73.9 cm³/mol. The molecule has 0 saturated carbocycles. The maximum absolute atomic E-state index is 8.97. The van der Waals surface area contributed by atoms with Crippen molar-refractivity contribution >= 4 is 0 Å². The van der Waals surface area contributed by atoms with Crippen molar-refractivity contribution in [2.75, 3.05) is 26.3 Å². The van der Waals surface area contributed by atoms with Crippen molar-refractivity contribution in [3.05, 3.63) is 35.7 Å². The van der Waals surface area contributed by atoms with Gasteiger partial charge in [0.05, 0.1) is 19.8 Å². The Bertz CT molecular complexity index is 536. The number of aryl methyl sites for hydroxylation is 1. The highest BCUT2D eigenvalue weighted by Crippen LogP contribution is 2.21. The van der Waals surface area contributed by atoms with E-state index in [4.69, 9.17) is 14.7 Å². The Hall–Kier alpha value is -1.76. The van der Waals surface area contributed by atoms with Gasteiger partial charge in [-0.05, 0) is 18.6 Å². The first kappa shape index (κ1) is 14.6. The second kappa shape index (κ2) is 7.14. The first-order chi connectivity index (χ1) is 9.74. The normalized spacial score (nSPS) is 11.2. The third-order valence-corrected chi connectivity index (χ3v) is 3.04. The number of rotatable bonds is 7. The quantitative estimate of drug-likeness (QED) is 0.780. The molecule has 6 heteroatoms. The maximum atomic E-state index is 8.97. The Kier molecular flexibility index (Phi) is 5.23. The molecule has 0 fully saturated rings. The van der Waals surface area contributed by atoms with Crippen molar-refractivity contribution in [1.82, 2.24) is 15.0 Å². The minimum Gasteiger partial charge on any atom is -0.395 e. The van der Waals surface area contributed by atoms with E-state index in [1.54, 1.807) is 0 Å². The summed E-state index contributed by atoms with van der Waals surface area (Å²) in [7, 11) is 0. The molecule has 2 rings (SSSR count). The zero-order valence-corrected chi connectivity index (χ0v) is 11.5. The van der Waals surface area contributed by atoms with Gasteiger partial charge in [0.2, 0.25) is 0 Å². The molecular formula is C14H19N3O3. The van der Waals surface area contributed by atoms with E-state index in [2.05, 4.69) is 10.1 Å². The van der Waals surface area contributed by atoms with Crippen LogP contribution in [0.3, 0.4) is 0 Å². The summed E-state index contributed by atoms with van der Waals surface area (Å²) in [6.45, 7) is 3.42. The van der Waals surface area contributed by atoms with E-state index in [0.29, 0.717) is 31.3 Å². The van der Waals surface area contributed by atoms with E-state index in [0.717, 1.165) is 11.1 Å². The topological polar surface area (TPSA) is 82.6 Å². The van der Waals surface area contributed by atoms with Gasteiger partial charge < -0.3 is 14.7 Å². The predicted octanol–water partition coefficient (Wildman–Crippen LogP) is 0.832. The summed E-state index contributed by atoms with van der Waals surface area (Å²) < 4.78 is 5.28. The number of hydrogen-bond acceptors (Lipinski definition) is 6. The summed E-state index contributed by atoms with van der Waals surface area (Å²) in [5.74, 6) is 1.04. The van der Waals surface area contributed by atoms with Crippen LogP contribution in [0.15, 0.2) is 28.8 Å². The number of aliphatic hydroxyl groups excluding tert-OH is 2. The van der Waals surface area contributed by atoms with Crippen LogP contribution in [0.25, 0.3) is 11.5 Å². The summed E-state index contributed by atoms with van der Waals surface area (Å²) in [4.78, 5) is 6.23. The van der Waals surface area contributed by atoms with Crippen molar-refractivity contribution in [1.29, 1.82) is 0 Å². The van der Waals surface area contributed by atoms with Crippen LogP contribution >= 0.6 is 0 Å². The Morgan fingerprint density at radius 2 is 1.85 bits per heavy atom. The van der Waals surface area contributed by atoms with Gasteiger partial charge in [-0.1, -0.05) is 23.4 Å². The molecule has 0 unspecified atom stereocenters. The third-order valence-electron chi connectivity index (χ3n) is 3.04. The van der Waals surface area contributed by atoms with Crippen LogP contribution in [0.5, 0.6) is 0 Å². The van der Waals surface area contributed by atoms with Crippen molar-refractivity contribution in [3.8, 4) is 11.5 Å². The lowest BCUT2D eigenvalue weighted by atomic mass is 10.1. The fourth-order valence-electron chi connectivity index (χ4n) is 1.99. The molecule has 1 aromatic heterocycles. The van der Waals surface area contributed by atoms with E-state index < -0.39 is 0 Å². The lowest BCUT2D eigenvalue weighted by Crippen LogP contribution is -2.29. The highest BCUT2D eigenvalue weighted by atomic mass is 16.5. The van der Waals surface area contributed by atoms with Crippen LogP contribution in [-0.2, 0) is 6.54 Å². The molecule has 0 bridgehead atoms. The molecule has 6 nitrogen and oxygen atoms in total. The smallest absolute Gasteiger partial charge is 0.258 e. The molecule has 0 atom stereocenters.